The number of rotatable bonds is 3. The number of hydrogen-bond acceptors (Lipinski definition) is 4. The van der Waals surface area contributed by atoms with E-state index in [0.29, 0.717) is 5.69 Å². The van der Waals surface area contributed by atoms with Crippen molar-refractivity contribution in [3.63, 3.8) is 0 Å². The number of non-ortho nitro benzene ring substituents is 1. The van der Waals surface area contributed by atoms with E-state index in [1.807, 2.05) is 0 Å². The van der Waals surface area contributed by atoms with Crippen molar-refractivity contribution in [2.75, 3.05) is 5.32 Å². The van der Waals surface area contributed by atoms with Crippen LogP contribution < -0.4 is 5.32 Å². The molecule has 1 heterocycles. The number of benzene rings is 1. The smallest absolute Gasteiger partial charge is 0.275 e. The Hall–Kier alpha value is -2.12. The fourth-order valence-corrected chi connectivity index (χ4v) is 2.19. The number of carbonyl (C=O) groups excluding carboxylic acids is 1. The molecule has 0 aliphatic heterocycles. The third-order valence-electron chi connectivity index (χ3n) is 2.77. The van der Waals surface area contributed by atoms with Crippen molar-refractivity contribution in [1.82, 2.24) is 9.78 Å². The molecule has 21 heavy (non-hydrogen) atoms. The highest BCUT2D eigenvalue weighted by molar-refractivity contribution is 6.36. The number of nitro groups is 1. The van der Waals surface area contributed by atoms with Gasteiger partial charge in [0, 0.05) is 19.2 Å². The predicted octanol–water partition coefficient (Wildman–Crippen LogP) is 3.20. The van der Waals surface area contributed by atoms with Crippen molar-refractivity contribution in [3.8, 4) is 0 Å². The summed E-state index contributed by atoms with van der Waals surface area (Å²) in [6.07, 6.45) is 0. The lowest BCUT2D eigenvalue weighted by Crippen LogP contribution is -2.17. The number of aryl methyl sites for hydroxylation is 2. The van der Waals surface area contributed by atoms with E-state index in [0.717, 1.165) is 0 Å². The van der Waals surface area contributed by atoms with Gasteiger partial charge in [0.05, 0.1) is 26.3 Å². The van der Waals surface area contributed by atoms with Crippen LogP contribution in [0.15, 0.2) is 18.2 Å². The number of nitrogens with one attached hydrogen (secondary N) is 1. The second kappa shape index (κ2) is 5.71. The first-order valence-corrected chi connectivity index (χ1v) is 6.51. The van der Waals surface area contributed by atoms with Crippen LogP contribution in [0.4, 0.5) is 11.4 Å². The zero-order valence-corrected chi connectivity index (χ0v) is 12.6. The van der Waals surface area contributed by atoms with Gasteiger partial charge in [0.25, 0.3) is 11.6 Å². The molecule has 0 atom stereocenters. The summed E-state index contributed by atoms with van der Waals surface area (Å²) >= 11 is 11.9. The van der Waals surface area contributed by atoms with Crippen molar-refractivity contribution in [3.05, 3.63) is 49.7 Å². The maximum absolute atomic E-state index is 12.2. The maximum Gasteiger partial charge on any atom is 0.275 e. The van der Waals surface area contributed by atoms with E-state index in [4.69, 9.17) is 23.2 Å². The molecule has 7 nitrogen and oxygen atoms in total. The molecule has 0 aliphatic carbocycles. The highest BCUT2D eigenvalue weighted by atomic mass is 35.5. The molecule has 0 bridgehead atoms. The minimum Gasteiger partial charge on any atom is -0.319 e. The average Bonchev–Trinajstić information content (AvgIpc) is 2.65. The molecule has 0 spiro atoms. The van der Waals surface area contributed by atoms with Gasteiger partial charge < -0.3 is 5.32 Å². The zero-order chi connectivity index (χ0) is 15.7. The summed E-state index contributed by atoms with van der Waals surface area (Å²) in [6, 6.07) is 3.77. The molecule has 1 aromatic heterocycles. The van der Waals surface area contributed by atoms with Crippen LogP contribution in [-0.4, -0.2) is 20.6 Å². The van der Waals surface area contributed by atoms with Gasteiger partial charge in [0.2, 0.25) is 0 Å². The molecule has 2 aromatic rings. The summed E-state index contributed by atoms with van der Waals surface area (Å²) in [7, 11) is 1.57. The minimum atomic E-state index is -0.576. The largest absolute Gasteiger partial charge is 0.319 e. The molecule has 1 aromatic carbocycles. The van der Waals surface area contributed by atoms with Crippen molar-refractivity contribution in [2.24, 2.45) is 7.05 Å². The Balaban J connectivity index is 2.35. The number of hydrogen-bond donors (Lipinski definition) is 1. The summed E-state index contributed by atoms with van der Waals surface area (Å²) in [6.45, 7) is 1.67. The first kappa shape index (κ1) is 15.3. The van der Waals surface area contributed by atoms with Crippen molar-refractivity contribution >= 4 is 40.5 Å². The number of carbonyl (C=O) groups is 1. The molecule has 9 heteroatoms. The first-order valence-electron chi connectivity index (χ1n) is 5.75. The molecule has 2 rings (SSSR count). The van der Waals surface area contributed by atoms with E-state index in [1.54, 1.807) is 14.0 Å². The van der Waals surface area contributed by atoms with Crippen LogP contribution >= 0.6 is 23.2 Å². The van der Waals surface area contributed by atoms with Gasteiger partial charge in [0.15, 0.2) is 0 Å². The molecular formula is C12H10Cl2N4O3. The fourth-order valence-electron chi connectivity index (χ4n) is 1.78. The molecule has 0 fully saturated rings. The van der Waals surface area contributed by atoms with Crippen LogP contribution in [0.25, 0.3) is 0 Å². The van der Waals surface area contributed by atoms with Gasteiger partial charge in [-0.15, -0.1) is 0 Å². The molecule has 0 saturated carbocycles. The van der Waals surface area contributed by atoms with Crippen LogP contribution in [0.3, 0.4) is 0 Å². The highest BCUT2D eigenvalue weighted by Crippen LogP contribution is 2.28. The van der Waals surface area contributed by atoms with Gasteiger partial charge in [-0.2, -0.15) is 5.10 Å². The molecule has 0 radical (unpaired) electrons. The highest BCUT2D eigenvalue weighted by Gasteiger charge is 2.20. The predicted molar refractivity (Wildman–Crippen MR) is 79.0 cm³/mol. The standard InChI is InChI=1S/C12H10Cl2N4O3/c1-6-10(14)11(17(2)16-6)12(19)15-9-5-7(18(20)21)3-4-8(9)13/h3-5H,1-2H3,(H,15,19). The van der Waals surface area contributed by atoms with Crippen LogP contribution in [0.1, 0.15) is 16.2 Å². The molecule has 0 saturated heterocycles. The number of amides is 1. The quantitative estimate of drug-likeness (QED) is 0.691. The average molecular weight is 329 g/mol. The van der Waals surface area contributed by atoms with Crippen LogP contribution in [0.5, 0.6) is 0 Å². The molecule has 1 amide bonds. The van der Waals surface area contributed by atoms with Gasteiger partial charge in [-0.3, -0.25) is 19.6 Å². The number of nitro benzene ring substituents is 1. The first-order chi connectivity index (χ1) is 9.81. The van der Waals surface area contributed by atoms with E-state index >= 15 is 0 Å². The van der Waals surface area contributed by atoms with Crippen LogP contribution in [0.2, 0.25) is 10.0 Å². The second-order valence-electron chi connectivity index (χ2n) is 4.25. The molecule has 110 valence electrons. The van der Waals surface area contributed by atoms with E-state index in [1.165, 1.54) is 22.9 Å². The zero-order valence-electron chi connectivity index (χ0n) is 11.1. The second-order valence-corrected chi connectivity index (χ2v) is 5.03. The van der Waals surface area contributed by atoms with E-state index < -0.39 is 10.8 Å². The van der Waals surface area contributed by atoms with Gasteiger partial charge in [-0.05, 0) is 13.0 Å². The fraction of sp³-hybridized carbons (Fsp3) is 0.167. The lowest BCUT2D eigenvalue weighted by molar-refractivity contribution is -0.384. The Morgan fingerprint density at radius 3 is 2.62 bits per heavy atom. The van der Waals surface area contributed by atoms with Gasteiger partial charge in [-0.25, -0.2) is 0 Å². The van der Waals surface area contributed by atoms with Crippen molar-refractivity contribution in [1.29, 1.82) is 0 Å². The van der Waals surface area contributed by atoms with Gasteiger partial charge >= 0.3 is 0 Å². The van der Waals surface area contributed by atoms with Gasteiger partial charge in [-0.1, -0.05) is 23.2 Å². The number of nitrogens with zero attached hydrogens (tertiary/aromatic N) is 3. The Kier molecular flexibility index (Phi) is 4.15. The number of halogens is 2. The Morgan fingerprint density at radius 1 is 1.43 bits per heavy atom. The summed E-state index contributed by atoms with van der Waals surface area (Å²) in [5.41, 5.74) is 0.610. The summed E-state index contributed by atoms with van der Waals surface area (Å²) < 4.78 is 1.33. The number of anilines is 1. The van der Waals surface area contributed by atoms with Crippen molar-refractivity contribution < 1.29 is 9.72 Å². The maximum atomic E-state index is 12.2. The van der Waals surface area contributed by atoms with E-state index in [-0.39, 0.29) is 27.1 Å². The normalized spacial score (nSPS) is 10.5. The molecule has 0 unspecified atom stereocenters. The Morgan fingerprint density at radius 2 is 2.10 bits per heavy atom. The lowest BCUT2D eigenvalue weighted by Gasteiger charge is -2.07. The summed E-state index contributed by atoms with van der Waals surface area (Å²) in [4.78, 5) is 22.4. The van der Waals surface area contributed by atoms with Crippen LogP contribution in [-0.2, 0) is 7.05 Å². The Bertz CT molecular complexity index is 742. The summed E-state index contributed by atoms with van der Waals surface area (Å²) in [5, 5.41) is 17.7. The van der Waals surface area contributed by atoms with E-state index in [9.17, 15) is 14.9 Å². The third-order valence-corrected chi connectivity index (χ3v) is 3.56. The van der Waals surface area contributed by atoms with Crippen molar-refractivity contribution in [2.45, 2.75) is 6.92 Å². The minimum absolute atomic E-state index is 0.130. The molecule has 0 aliphatic rings. The monoisotopic (exact) mass is 328 g/mol. The Labute approximate surface area is 129 Å². The molecular weight excluding hydrogens is 319 g/mol. The third kappa shape index (κ3) is 2.98. The molecule has 1 N–H and O–H groups in total. The summed E-state index contributed by atoms with van der Waals surface area (Å²) in [5.74, 6) is -0.550. The number of aromatic nitrogens is 2. The van der Waals surface area contributed by atoms with Gasteiger partial charge in [0.1, 0.15) is 5.69 Å². The van der Waals surface area contributed by atoms with Crippen LogP contribution in [0, 0.1) is 17.0 Å². The topological polar surface area (TPSA) is 90.1 Å². The van der Waals surface area contributed by atoms with E-state index in [2.05, 4.69) is 10.4 Å². The SMILES string of the molecule is Cc1nn(C)c(C(=O)Nc2cc([N+](=O)[O-])ccc2Cl)c1Cl. The lowest BCUT2D eigenvalue weighted by atomic mass is 10.2.